The Bertz CT molecular complexity index is 1600. The minimum absolute atomic E-state index is 0.116. The second kappa shape index (κ2) is 8.05. The van der Waals surface area contributed by atoms with Crippen LogP contribution in [-0.4, -0.2) is 19.5 Å². The number of fused-ring (bicyclic) bond motifs is 2. The molecule has 1 atom stereocenters. The van der Waals surface area contributed by atoms with Crippen LogP contribution in [0.15, 0.2) is 87.5 Å². The Kier molecular flexibility index (Phi) is 5.07. The van der Waals surface area contributed by atoms with Crippen LogP contribution in [0.3, 0.4) is 0 Å². The summed E-state index contributed by atoms with van der Waals surface area (Å²) in [7, 11) is 0. The minimum atomic E-state index is -0.529. The van der Waals surface area contributed by atoms with Crippen molar-refractivity contribution in [2.24, 2.45) is 0 Å². The summed E-state index contributed by atoms with van der Waals surface area (Å²) in [6.07, 6.45) is 0. The number of nitrogens with zero attached hydrogens (tertiary/aromatic N) is 3. The number of para-hydroxylation sites is 3. The number of hydrogen-bond donors (Lipinski definition) is 1. The monoisotopic (exact) mass is 444 g/mol. The van der Waals surface area contributed by atoms with Crippen LogP contribution in [0.25, 0.3) is 27.5 Å². The summed E-state index contributed by atoms with van der Waals surface area (Å²) in [6.45, 7) is 1.85. The maximum Gasteiger partial charge on any atom is 0.266 e. The number of nitrogens with one attached hydrogen (secondary N) is 1. The average molecular weight is 444 g/mol. The molecule has 0 radical (unpaired) electrons. The summed E-state index contributed by atoms with van der Waals surface area (Å²) < 4.78 is 15.9. The zero-order valence-electron chi connectivity index (χ0n) is 16.9. The van der Waals surface area contributed by atoms with Crippen LogP contribution in [0.2, 0.25) is 0 Å². The summed E-state index contributed by atoms with van der Waals surface area (Å²) in [6, 6.07) is 20.1. The first-order valence-corrected chi connectivity index (χ1v) is 10.8. The van der Waals surface area contributed by atoms with Gasteiger partial charge in [0.25, 0.3) is 11.1 Å². The predicted octanol–water partition coefficient (Wildman–Crippen LogP) is 4.61. The molecule has 32 heavy (non-hydrogen) atoms. The zero-order chi connectivity index (χ0) is 22.2. The van der Waals surface area contributed by atoms with E-state index < -0.39 is 5.82 Å². The molecule has 2 heterocycles. The van der Waals surface area contributed by atoms with Gasteiger partial charge in [0.15, 0.2) is 5.16 Å². The molecule has 0 saturated carbocycles. The van der Waals surface area contributed by atoms with Crippen LogP contribution in [0.1, 0.15) is 18.0 Å². The largest absolute Gasteiger partial charge is 0.309 e. The Morgan fingerprint density at radius 2 is 1.50 bits per heavy atom. The van der Waals surface area contributed by atoms with Crippen molar-refractivity contribution in [1.82, 2.24) is 19.5 Å². The molecule has 0 aliphatic rings. The van der Waals surface area contributed by atoms with Gasteiger partial charge in [0.05, 0.1) is 32.7 Å². The van der Waals surface area contributed by atoms with E-state index in [0.717, 1.165) is 0 Å². The van der Waals surface area contributed by atoms with Crippen molar-refractivity contribution in [3.05, 3.63) is 105 Å². The number of rotatable bonds is 4. The van der Waals surface area contributed by atoms with Gasteiger partial charge in [-0.3, -0.25) is 14.2 Å². The highest BCUT2D eigenvalue weighted by Crippen LogP contribution is 2.33. The second-order valence-electron chi connectivity index (χ2n) is 7.23. The van der Waals surface area contributed by atoms with Crippen molar-refractivity contribution in [2.45, 2.75) is 17.3 Å². The summed E-state index contributed by atoms with van der Waals surface area (Å²) in [5.74, 6) is -0.0837. The lowest BCUT2D eigenvalue weighted by Gasteiger charge is -2.16. The van der Waals surface area contributed by atoms with Crippen molar-refractivity contribution < 1.29 is 4.39 Å². The van der Waals surface area contributed by atoms with Gasteiger partial charge in [-0.15, -0.1) is 0 Å². The maximum absolute atomic E-state index is 14.7. The number of aromatic amines is 1. The van der Waals surface area contributed by atoms with Crippen molar-refractivity contribution in [3.63, 3.8) is 0 Å². The lowest BCUT2D eigenvalue weighted by Crippen LogP contribution is -2.23. The van der Waals surface area contributed by atoms with Crippen molar-refractivity contribution in [1.29, 1.82) is 0 Å². The summed E-state index contributed by atoms with van der Waals surface area (Å²) >= 11 is 1.23. The highest BCUT2D eigenvalue weighted by molar-refractivity contribution is 7.99. The maximum atomic E-state index is 14.7. The molecular weight excluding hydrogens is 427 g/mol. The average Bonchev–Trinajstić information content (AvgIpc) is 2.80. The molecule has 1 N–H and O–H groups in total. The smallest absolute Gasteiger partial charge is 0.266 e. The molecule has 2 aromatic heterocycles. The molecule has 0 spiro atoms. The highest BCUT2D eigenvalue weighted by Gasteiger charge is 2.20. The van der Waals surface area contributed by atoms with Gasteiger partial charge in [-0.2, -0.15) is 0 Å². The fraction of sp³-hybridized carbons (Fsp3) is 0.0833. The van der Waals surface area contributed by atoms with Gasteiger partial charge in [-0.1, -0.05) is 48.2 Å². The van der Waals surface area contributed by atoms with Crippen LogP contribution in [0.4, 0.5) is 4.39 Å². The number of thioether (sulfide) groups is 1. The van der Waals surface area contributed by atoms with Gasteiger partial charge in [-0.25, -0.2) is 14.4 Å². The number of benzene rings is 3. The van der Waals surface area contributed by atoms with E-state index in [0.29, 0.717) is 32.8 Å². The third kappa shape index (κ3) is 3.48. The molecule has 5 rings (SSSR count). The minimum Gasteiger partial charge on any atom is -0.309 e. The van der Waals surface area contributed by atoms with E-state index in [1.807, 2.05) is 13.0 Å². The molecule has 0 aliphatic heterocycles. The van der Waals surface area contributed by atoms with E-state index in [2.05, 4.69) is 15.0 Å². The highest BCUT2D eigenvalue weighted by atomic mass is 32.2. The summed E-state index contributed by atoms with van der Waals surface area (Å²) in [5.41, 5.74) is 0.605. The quantitative estimate of drug-likeness (QED) is 0.323. The second-order valence-corrected chi connectivity index (χ2v) is 8.54. The molecular formula is C24H17FN4O2S. The summed E-state index contributed by atoms with van der Waals surface area (Å²) in [4.78, 5) is 37.8. The van der Waals surface area contributed by atoms with Crippen LogP contribution >= 0.6 is 11.8 Å². The zero-order valence-corrected chi connectivity index (χ0v) is 17.8. The molecule has 0 fully saturated rings. The molecule has 5 aromatic rings. The molecule has 6 nitrogen and oxygen atoms in total. The van der Waals surface area contributed by atoms with Gasteiger partial charge in [0, 0.05) is 0 Å². The number of aromatic nitrogens is 4. The topological polar surface area (TPSA) is 80.6 Å². The number of hydrogen-bond acceptors (Lipinski definition) is 5. The molecule has 158 valence electrons. The van der Waals surface area contributed by atoms with Gasteiger partial charge in [0.1, 0.15) is 11.6 Å². The molecule has 0 bridgehead atoms. The van der Waals surface area contributed by atoms with Gasteiger partial charge >= 0.3 is 0 Å². The molecule has 0 aliphatic carbocycles. The first kappa shape index (κ1) is 20.1. The lowest BCUT2D eigenvalue weighted by atomic mass is 10.2. The Labute approximate surface area is 185 Å². The normalized spacial score (nSPS) is 12.3. The number of halogens is 1. The molecule has 0 amide bonds. The third-order valence-corrected chi connectivity index (χ3v) is 6.20. The fourth-order valence-electron chi connectivity index (χ4n) is 3.55. The molecule has 1 unspecified atom stereocenters. The van der Waals surface area contributed by atoms with Gasteiger partial charge in [0.2, 0.25) is 0 Å². The first-order chi connectivity index (χ1) is 15.5. The van der Waals surface area contributed by atoms with Gasteiger partial charge in [-0.05, 0) is 43.3 Å². The van der Waals surface area contributed by atoms with E-state index in [-0.39, 0.29) is 22.1 Å². The Balaban J connectivity index is 1.67. The Hall–Kier alpha value is -3.78. The molecule has 8 heteroatoms. The molecule has 3 aromatic carbocycles. The van der Waals surface area contributed by atoms with Crippen LogP contribution in [-0.2, 0) is 0 Å². The van der Waals surface area contributed by atoms with Crippen LogP contribution < -0.4 is 11.1 Å². The lowest BCUT2D eigenvalue weighted by molar-refractivity contribution is 0.608. The number of H-pyrrole nitrogens is 1. The fourth-order valence-corrected chi connectivity index (χ4v) is 4.53. The van der Waals surface area contributed by atoms with E-state index >= 15 is 0 Å². The third-order valence-electron chi connectivity index (χ3n) is 5.14. The van der Waals surface area contributed by atoms with E-state index in [9.17, 15) is 14.0 Å². The van der Waals surface area contributed by atoms with E-state index in [4.69, 9.17) is 0 Å². The van der Waals surface area contributed by atoms with Crippen LogP contribution in [0, 0.1) is 5.82 Å². The van der Waals surface area contributed by atoms with Crippen LogP contribution in [0.5, 0.6) is 0 Å². The standard InChI is InChI=1S/C24H17FN4O2S/c1-14(21-26-18-11-5-2-8-15(18)22(30)28-21)32-24-27-19-12-6-3-9-16(19)23(31)29(24)20-13-7-4-10-17(20)25/h2-14H,1H3,(H,26,28,30). The Morgan fingerprint density at radius 1 is 0.875 bits per heavy atom. The molecule has 0 saturated heterocycles. The predicted molar refractivity (Wildman–Crippen MR) is 124 cm³/mol. The van der Waals surface area contributed by atoms with E-state index in [1.54, 1.807) is 54.6 Å². The van der Waals surface area contributed by atoms with Crippen molar-refractivity contribution >= 4 is 33.6 Å². The Morgan fingerprint density at radius 3 is 2.25 bits per heavy atom. The van der Waals surface area contributed by atoms with Gasteiger partial charge < -0.3 is 4.98 Å². The summed E-state index contributed by atoms with van der Waals surface area (Å²) in [5, 5.41) is 0.839. The first-order valence-electron chi connectivity index (χ1n) is 9.95. The van der Waals surface area contributed by atoms with Crippen molar-refractivity contribution in [2.75, 3.05) is 0 Å². The van der Waals surface area contributed by atoms with E-state index in [1.165, 1.54) is 28.5 Å². The SMILES string of the molecule is CC(Sc1nc2ccccc2c(=O)n1-c1ccccc1F)c1nc2ccccc2c(=O)[nH]1. The van der Waals surface area contributed by atoms with Crippen molar-refractivity contribution in [3.8, 4) is 5.69 Å².